The number of aromatic amines is 1. The Labute approximate surface area is 138 Å². The molecule has 0 aliphatic rings. The number of nitrogens with two attached hydrogens (primary N) is 1. The second kappa shape index (κ2) is 9.55. The SMILES string of the molecule is CC(C)C[C@H](NC(=O)CC[C@H](N)C(=O)O)C(=O)NCc1nn[nH]n1. The molecule has 0 saturated heterocycles. The van der Waals surface area contributed by atoms with Gasteiger partial charge in [-0.25, -0.2) is 0 Å². The zero-order valence-electron chi connectivity index (χ0n) is 13.7. The monoisotopic (exact) mass is 341 g/mol. The molecule has 0 spiro atoms. The zero-order valence-corrected chi connectivity index (χ0v) is 13.7. The standard InChI is InChI=1S/C13H23N7O4/c1-7(2)5-9(12(22)15-6-10-17-19-20-18-10)16-11(21)4-3-8(14)13(23)24/h7-9H,3-6,14H2,1-2H3,(H,15,22)(H,16,21)(H,23,24)(H,17,18,19,20)/t8-,9-/m0/s1. The number of nitrogens with zero attached hydrogens (tertiary/aromatic N) is 3. The lowest BCUT2D eigenvalue weighted by atomic mass is 10.0. The lowest BCUT2D eigenvalue weighted by Crippen LogP contribution is -2.47. The van der Waals surface area contributed by atoms with E-state index in [4.69, 9.17) is 10.8 Å². The molecule has 134 valence electrons. The van der Waals surface area contributed by atoms with Crippen LogP contribution in [0, 0.1) is 5.92 Å². The van der Waals surface area contributed by atoms with Crippen molar-refractivity contribution in [1.29, 1.82) is 0 Å². The van der Waals surface area contributed by atoms with Crippen molar-refractivity contribution in [1.82, 2.24) is 31.3 Å². The van der Waals surface area contributed by atoms with E-state index in [9.17, 15) is 14.4 Å². The summed E-state index contributed by atoms with van der Waals surface area (Å²) in [4.78, 5) is 34.8. The van der Waals surface area contributed by atoms with E-state index in [-0.39, 0.29) is 31.2 Å². The molecule has 0 bridgehead atoms. The fraction of sp³-hybridized carbons (Fsp3) is 0.692. The third kappa shape index (κ3) is 7.13. The fourth-order valence-electron chi connectivity index (χ4n) is 1.93. The quantitative estimate of drug-likeness (QED) is 0.343. The Morgan fingerprint density at radius 1 is 1.33 bits per heavy atom. The maximum atomic E-state index is 12.2. The molecule has 0 aliphatic carbocycles. The van der Waals surface area contributed by atoms with Crippen LogP contribution < -0.4 is 16.4 Å². The predicted octanol–water partition coefficient (Wildman–Crippen LogP) is -1.46. The van der Waals surface area contributed by atoms with E-state index in [0.29, 0.717) is 12.2 Å². The number of carbonyl (C=O) groups is 3. The number of amides is 2. The summed E-state index contributed by atoms with van der Waals surface area (Å²) in [7, 11) is 0. The molecule has 1 aromatic heterocycles. The summed E-state index contributed by atoms with van der Waals surface area (Å²) >= 11 is 0. The minimum absolute atomic E-state index is 0.0000434. The van der Waals surface area contributed by atoms with Gasteiger partial charge in [0.25, 0.3) is 0 Å². The van der Waals surface area contributed by atoms with Gasteiger partial charge in [0.05, 0.1) is 6.54 Å². The van der Waals surface area contributed by atoms with Gasteiger partial charge < -0.3 is 21.5 Å². The first kappa shape index (κ1) is 19.5. The molecule has 0 fully saturated rings. The summed E-state index contributed by atoms with van der Waals surface area (Å²) in [6, 6.07) is -1.84. The Kier molecular flexibility index (Phi) is 7.75. The van der Waals surface area contributed by atoms with E-state index in [2.05, 4.69) is 31.3 Å². The Hall–Kier alpha value is -2.56. The molecule has 2 atom stereocenters. The average Bonchev–Trinajstić information content (AvgIpc) is 3.02. The molecule has 6 N–H and O–H groups in total. The number of aliphatic carboxylic acids is 1. The van der Waals surface area contributed by atoms with E-state index in [0.717, 1.165) is 0 Å². The number of aromatic nitrogens is 4. The lowest BCUT2D eigenvalue weighted by Gasteiger charge is -2.20. The van der Waals surface area contributed by atoms with Crippen LogP contribution in [0.3, 0.4) is 0 Å². The summed E-state index contributed by atoms with van der Waals surface area (Å²) < 4.78 is 0. The molecular formula is C13H23N7O4. The van der Waals surface area contributed by atoms with E-state index < -0.39 is 24.0 Å². The fourth-order valence-corrected chi connectivity index (χ4v) is 1.93. The van der Waals surface area contributed by atoms with Crippen molar-refractivity contribution in [3.8, 4) is 0 Å². The molecule has 24 heavy (non-hydrogen) atoms. The maximum absolute atomic E-state index is 12.2. The summed E-state index contributed by atoms with van der Waals surface area (Å²) in [5, 5.41) is 27.0. The van der Waals surface area contributed by atoms with Crippen LogP contribution in [0.15, 0.2) is 0 Å². The molecule has 0 aromatic carbocycles. The Balaban J connectivity index is 2.52. The molecule has 0 radical (unpaired) electrons. The van der Waals surface area contributed by atoms with Crippen molar-refractivity contribution in [2.24, 2.45) is 11.7 Å². The van der Waals surface area contributed by atoms with Gasteiger partial charge in [-0.3, -0.25) is 14.4 Å². The molecule has 0 saturated carbocycles. The molecule has 0 aliphatic heterocycles. The van der Waals surface area contributed by atoms with E-state index >= 15 is 0 Å². The van der Waals surface area contributed by atoms with Crippen molar-refractivity contribution in [3.05, 3.63) is 5.82 Å². The van der Waals surface area contributed by atoms with Crippen LogP contribution in [0.25, 0.3) is 0 Å². The smallest absolute Gasteiger partial charge is 0.320 e. The van der Waals surface area contributed by atoms with Gasteiger partial charge in [0.2, 0.25) is 11.8 Å². The predicted molar refractivity (Wildman–Crippen MR) is 82.3 cm³/mol. The second-order valence-corrected chi connectivity index (χ2v) is 5.78. The topological polar surface area (TPSA) is 176 Å². The molecular weight excluding hydrogens is 318 g/mol. The maximum Gasteiger partial charge on any atom is 0.320 e. The van der Waals surface area contributed by atoms with Crippen LogP contribution in [0.4, 0.5) is 0 Å². The van der Waals surface area contributed by atoms with Crippen LogP contribution in [-0.2, 0) is 20.9 Å². The molecule has 1 heterocycles. The number of hydrogen-bond acceptors (Lipinski definition) is 7. The Morgan fingerprint density at radius 2 is 2.04 bits per heavy atom. The molecule has 11 nitrogen and oxygen atoms in total. The van der Waals surface area contributed by atoms with Crippen LogP contribution in [0.2, 0.25) is 0 Å². The highest BCUT2D eigenvalue weighted by Crippen LogP contribution is 2.06. The van der Waals surface area contributed by atoms with Crippen molar-refractivity contribution < 1.29 is 19.5 Å². The van der Waals surface area contributed by atoms with Gasteiger partial charge in [-0.2, -0.15) is 5.21 Å². The van der Waals surface area contributed by atoms with Gasteiger partial charge >= 0.3 is 5.97 Å². The first-order chi connectivity index (χ1) is 11.3. The van der Waals surface area contributed by atoms with Gasteiger partial charge in [-0.05, 0) is 18.8 Å². The second-order valence-electron chi connectivity index (χ2n) is 5.78. The molecule has 0 unspecified atom stereocenters. The van der Waals surface area contributed by atoms with Crippen LogP contribution in [0.5, 0.6) is 0 Å². The normalized spacial score (nSPS) is 13.3. The minimum Gasteiger partial charge on any atom is -0.480 e. The highest BCUT2D eigenvalue weighted by atomic mass is 16.4. The van der Waals surface area contributed by atoms with Crippen LogP contribution in [-0.4, -0.2) is 55.6 Å². The Morgan fingerprint density at radius 3 is 2.58 bits per heavy atom. The lowest BCUT2D eigenvalue weighted by molar-refractivity contribution is -0.139. The summed E-state index contributed by atoms with van der Waals surface area (Å²) in [6.07, 6.45) is 0.370. The number of hydrogen-bond donors (Lipinski definition) is 5. The zero-order chi connectivity index (χ0) is 18.1. The van der Waals surface area contributed by atoms with E-state index in [1.807, 2.05) is 13.8 Å². The van der Waals surface area contributed by atoms with Crippen molar-refractivity contribution in [2.75, 3.05) is 0 Å². The number of H-pyrrole nitrogens is 1. The number of carbonyl (C=O) groups excluding carboxylic acids is 2. The van der Waals surface area contributed by atoms with Crippen molar-refractivity contribution in [2.45, 2.75) is 51.7 Å². The van der Waals surface area contributed by atoms with Gasteiger partial charge in [0, 0.05) is 6.42 Å². The first-order valence-electron chi connectivity index (χ1n) is 7.57. The molecule has 2 amide bonds. The number of carboxylic acids is 1. The summed E-state index contributed by atoms with van der Waals surface area (Å²) in [5.74, 6) is -1.46. The number of rotatable bonds is 10. The third-order valence-electron chi connectivity index (χ3n) is 3.17. The molecule has 1 rings (SSSR count). The van der Waals surface area contributed by atoms with Gasteiger partial charge in [-0.15, -0.1) is 10.2 Å². The highest BCUT2D eigenvalue weighted by Gasteiger charge is 2.23. The van der Waals surface area contributed by atoms with Crippen molar-refractivity contribution >= 4 is 17.8 Å². The minimum atomic E-state index is -1.17. The number of nitrogens with one attached hydrogen (secondary N) is 3. The largest absolute Gasteiger partial charge is 0.480 e. The summed E-state index contributed by atoms with van der Waals surface area (Å²) in [5.41, 5.74) is 5.36. The van der Waals surface area contributed by atoms with Crippen LogP contribution >= 0.6 is 0 Å². The first-order valence-corrected chi connectivity index (χ1v) is 7.57. The molecule has 11 heteroatoms. The van der Waals surface area contributed by atoms with E-state index in [1.54, 1.807) is 0 Å². The molecule has 1 aromatic rings. The Bertz CT molecular complexity index is 547. The van der Waals surface area contributed by atoms with Gasteiger partial charge in [0.15, 0.2) is 5.82 Å². The third-order valence-corrected chi connectivity index (χ3v) is 3.17. The average molecular weight is 341 g/mol. The van der Waals surface area contributed by atoms with Crippen LogP contribution in [0.1, 0.15) is 38.9 Å². The van der Waals surface area contributed by atoms with Gasteiger partial charge in [-0.1, -0.05) is 19.1 Å². The van der Waals surface area contributed by atoms with Crippen molar-refractivity contribution in [3.63, 3.8) is 0 Å². The highest BCUT2D eigenvalue weighted by molar-refractivity contribution is 5.87. The van der Waals surface area contributed by atoms with E-state index in [1.165, 1.54) is 0 Å². The number of tetrazole rings is 1. The summed E-state index contributed by atoms with van der Waals surface area (Å²) in [6.45, 7) is 3.93. The van der Waals surface area contributed by atoms with Gasteiger partial charge in [0.1, 0.15) is 12.1 Å². The number of carboxylic acid groups (broad SMARTS) is 1.